The maximum atomic E-state index is 4.13. The molecule has 0 bridgehead atoms. The molecule has 0 aliphatic carbocycles. The van der Waals surface area contributed by atoms with Crippen LogP contribution < -0.4 is 0 Å². The summed E-state index contributed by atoms with van der Waals surface area (Å²) in [5.41, 5.74) is 4.90. The van der Waals surface area contributed by atoms with Crippen LogP contribution in [0.15, 0.2) is 41.1 Å². The SMILES string of the molecule is Cc1cc(-c2cccnc2)cc(C)c1Br. The summed E-state index contributed by atoms with van der Waals surface area (Å²) in [6.45, 7) is 4.22. The molecule has 0 atom stereocenters. The Morgan fingerprint density at radius 1 is 1.07 bits per heavy atom. The largest absolute Gasteiger partial charge is 0.264 e. The zero-order chi connectivity index (χ0) is 10.8. The molecule has 1 nitrogen and oxygen atoms in total. The van der Waals surface area contributed by atoms with Crippen LogP contribution in [0.5, 0.6) is 0 Å². The van der Waals surface area contributed by atoms with Gasteiger partial charge in [-0.25, -0.2) is 0 Å². The quantitative estimate of drug-likeness (QED) is 0.753. The molecular formula is C13H12BrN. The highest BCUT2D eigenvalue weighted by Gasteiger charge is 2.03. The average Bonchev–Trinajstić information content (AvgIpc) is 2.26. The molecule has 1 aromatic heterocycles. The minimum Gasteiger partial charge on any atom is -0.264 e. The molecule has 2 aromatic rings. The van der Waals surface area contributed by atoms with Crippen LogP contribution in [0.4, 0.5) is 0 Å². The molecule has 2 heteroatoms. The van der Waals surface area contributed by atoms with E-state index in [-0.39, 0.29) is 0 Å². The van der Waals surface area contributed by atoms with E-state index in [1.165, 1.54) is 21.2 Å². The maximum absolute atomic E-state index is 4.13. The zero-order valence-electron chi connectivity index (χ0n) is 8.79. The van der Waals surface area contributed by atoms with Crippen molar-refractivity contribution in [1.82, 2.24) is 4.98 Å². The smallest absolute Gasteiger partial charge is 0.0346 e. The molecule has 2 rings (SSSR count). The second-order valence-electron chi connectivity index (χ2n) is 3.67. The van der Waals surface area contributed by atoms with Crippen molar-refractivity contribution in [2.45, 2.75) is 13.8 Å². The van der Waals surface area contributed by atoms with E-state index in [9.17, 15) is 0 Å². The van der Waals surface area contributed by atoms with E-state index in [1.807, 2.05) is 12.3 Å². The third-order valence-electron chi connectivity index (χ3n) is 2.43. The third kappa shape index (κ3) is 2.10. The Hall–Kier alpha value is -1.15. The van der Waals surface area contributed by atoms with E-state index in [4.69, 9.17) is 0 Å². The number of hydrogen-bond donors (Lipinski definition) is 0. The van der Waals surface area contributed by atoms with Crippen LogP contribution in [0, 0.1) is 13.8 Å². The first-order valence-corrected chi connectivity index (χ1v) is 5.65. The normalized spacial score (nSPS) is 10.3. The van der Waals surface area contributed by atoms with Gasteiger partial charge < -0.3 is 0 Å². The number of aryl methyl sites for hydroxylation is 2. The first-order valence-electron chi connectivity index (χ1n) is 4.85. The number of hydrogen-bond acceptors (Lipinski definition) is 1. The standard InChI is InChI=1S/C13H12BrN/c1-9-6-12(7-10(2)13(9)14)11-4-3-5-15-8-11/h3-8H,1-2H3. The lowest BCUT2D eigenvalue weighted by molar-refractivity contribution is 1.31. The van der Waals surface area contributed by atoms with Crippen molar-refractivity contribution in [3.05, 3.63) is 52.3 Å². The molecule has 0 saturated carbocycles. The van der Waals surface area contributed by atoms with Crippen molar-refractivity contribution in [3.8, 4) is 11.1 Å². The molecule has 0 aliphatic rings. The molecule has 0 aliphatic heterocycles. The Labute approximate surface area is 98.3 Å². The van der Waals surface area contributed by atoms with Gasteiger partial charge in [0, 0.05) is 22.4 Å². The molecule has 0 fully saturated rings. The van der Waals surface area contributed by atoms with Crippen LogP contribution in [-0.2, 0) is 0 Å². The first-order chi connectivity index (χ1) is 7.18. The lowest BCUT2D eigenvalue weighted by Crippen LogP contribution is -1.86. The summed E-state index contributed by atoms with van der Waals surface area (Å²) in [6.07, 6.45) is 3.68. The molecule has 76 valence electrons. The molecule has 0 N–H and O–H groups in total. The highest BCUT2D eigenvalue weighted by atomic mass is 79.9. The molecule has 0 saturated heterocycles. The number of aromatic nitrogens is 1. The van der Waals surface area contributed by atoms with E-state index >= 15 is 0 Å². The number of nitrogens with zero attached hydrogens (tertiary/aromatic N) is 1. The predicted molar refractivity (Wildman–Crippen MR) is 66.8 cm³/mol. The van der Waals surface area contributed by atoms with E-state index in [0.717, 1.165) is 5.56 Å². The van der Waals surface area contributed by atoms with Gasteiger partial charge in [-0.2, -0.15) is 0 Å². The average molecular weight is 262 g/mol. The first kappa shape index (κ1) is 10.4. The van der Waals surface area contributed by atoms with Crippen molar-refractivity contribution in [1.29, 1.82) is 0 Å². The van der Waals surface area contributed by atoms with Gasteiger partial charge >= 0.3 is 0 Å². The minimum absolute atomic E-state index is 1.16. The summed E-state index contributed by atoms with van der Waals surface area (Å²) in [4.78, 5) is 4.13. The Morgan fingerprint density at radius 3 is 2.27 bits per heavy atom. The predicted octanol–water partition coefficient (Wildman–Crippen LogP) is 4.13. The summed E-state index contributed by atoms with van der Waals surface area (Å²) in [6, 6.07) is 8.39. The topological polar surface area (TPSA) is 12.9 Å². The van der Waals surface area contributed by atoms with E-state index in [2.05, 4.69) is 53.0 Å². The second-order valence-corrected chi connectivity index (χ2v) is 4.46. The molecule has 1 aromatic carbocycles. The number of halogens is 1. The van der Waals surface area contributed by atoms with Crippen LogP contribution in [0.1, 0.15) is 11.1 Å². The van der Waals surface area contributed by atoms with Crippen molar-refractivity contribution >= 4 is 15.9 Å². The van der Waals surface area contributed by atoms with Crippen molar-refractivity contribution in [2.75, 3.05) is 0 Å². The highest BCUT2D eigenvalue weighted by Crippen LogP contribution is 2.27. The molecule has 0 amide bonds. The number of pyridine rings is 1. The van der Waals surface area contributed by atoms with Gasteiger partial charge in [-0.05, 0) is 36.6 Å². The Balaban J connectivity index is 2.56. The fourth-order valence-electron chi connectivity index (χ4n) is 1.65. The lowest BCUT2D eigenvalue weighted by atomic mass is 10.0. The van der Waals surface area contributed by atoms with Gasteiger partial charge in [0.05, 0.1) is 0 Å². The van der Waals surface area contributed by atoms with Gasteiger partial charge in [0.15, 0.2) is 0 Å². The fourth-order valence-corrected chi connectivity index (χ4v) is 1.88. The Morgan fingerprint density at radius 2 is 1.73 bits per heavy atom. The number of rotatable bonds is 1. The molecule has 0 unspecified atom stereocenters. The Kier molecular flexibility index (Phi) is 2.87. The molecule has 1 heterocycles. The van der Waals surface area contributed by atoms with E-state index in [1.54, 1.807) is 6.20 Å². The summed E-state index contributed by atoms with van der Waals surface area (Å²) >= 11 is 3.57. The fraction of sp³-hybridized carbons (Fsp3) is 0.154. The minimum atomic E-state index is 1.16. The van der Waals surface area contributed by atoms with Gasteiger partial charge in [0.1, 0.15) is 0 Å². The monoisotopic (exact) mass is 261 g/mol. The van der Waals surface area contributed by atoms with Crippen LogP contribution in [0.25, 0.3) is 11.1 Å². The van der Waals surface area contributed by atoms with Crippen LogP contribution in [0.2, 0.25) is 0 Å². The van der Waals surface area contributed by atoms with Gasteiger partial charge in [0.25, 0.3) is 0 Å². The van der Waals surface area contributed by atoms with E-state index in [0.29, 0.717) is 0 Å². The van der Waals surface area contributed by atoms with Crippen LogP contribution in [-0.4, -0.2) is 4.98 Å². The van der Waals surface area contributed by atoms with Gasteiger partial charge in [-0.3, -0.25) is 4.98 Å². The van der Waals surface area contributed by atoms with Gasteiger partial charge in [-0.15, -0.1) is 0 Å². The maximum Gasteiger partial charge on any atom is 0.0346 e. The van der Waals surface area contributed by atoms with Crippen LogP contribution >= 0.6 is 15.9 Å². The molecule has 15 heavy (non-hydrogen) atoms. The summed E-state index contributed by atoms with van der Waals surface area (Å²) in [5.74, 6) is 0. The molecule has 0 spiro atoms. The van der Waals surface area contributed by atoms with Crippen molar-refractivity contribution < 1.29 is 0 Å². The molecule has 0 radical (unpaired) electrons. The van der Waals surface area contributed by atoms with Crippen LogP contribution in [0.3, 0.4) is 0 Å². The molecular weight excluding hydrogens is 250 g/mol. The number of benzene rings is 1. The summed E-state index contributed by atoms with van der Waals surface area (Å²) < 4.78 is 1.19. The second kappa shape index (κ2) is 4.15. The lowest BCUT2D eigenvalue weighted by Gasteiger charge is -2.07. The highest BCUT2D eigenvalue weighted by molar-refractivity contribution is 9.10. The zero-order valence-corrected chi connectivity index (χ0v) is 10.4. The van der Waals surface area contributed by atoms with Crippen molar-refractivity contribution in [3.63, 3.8) is 0 Å². The van der Waals surface area contributed by atoms with E-state index < -0.39 is 0 Å². The Bertz CT molecular complexity index is 454. The van der Waals surface area contributed by atoms with Crippen molar-refractivity contribution in [2.24, 2.45) is 0 Å². The summed E-state index contributed by atoms with van der Waals surface area (Å²) in [5, 5.41) is 0. The van der Waals surface area contributed by atoms with Gasteiger partial charge in [-0.1, -0.05) is 34.1 Å². The summed E-state index contributed by atoms with van der Waals surface area (Å²) in [7, 11) is 0. The van der Waals surface area contributed by atoms with Gasteiger partial charge in [0.2, 0.25) is 0 Å². The third-order valence-corrected chi connectivity index (χ3v) is 3.68.